The van der Waals surface area contributed by atoms with E-state index in [1.54, 1.807) is 30.3 Å². The number of hydrogen-bond acceptors (Lipinski definition) is 7. The highest BCUT2D eigenvalue weighted by atomic mass is 16.6. The summed E-state index contributed by atoms with van der Waals surface area (Å²) in [6, 6.07) is 14.1. The summed E-state index contributed by atoms with van der Waals surface area (Å²) < 4.78 is 11.9. The van der Waals surface area contributed by atoms with Gasteiger partial charge in [0, 0.05) is 29.3 Å². The number of esters is 1. The molecule has 150 valence electrons. The molecule has 8 heteroatoms. The number of amides is 1. The fraction of sp³-hybridized carbons (Fsp3) is 0.0909. The van der Waals surface area contributed by atoms with E-state index in [0.717, 1.165) is 0 Å². The molecule has 0 saturated carbocycles. The van der Waals surface area contributed by atoms with Gasteiger partial charge in [-0.05, 0) is 18.2 Å². The molecule has 3 aromatic rings. The smallest absolute Gasteiger partial charge is 0.340 e. The van der Waals surface area contributed by atoms with Crippen LogP contribution in [0, 0.1) is 0 Å². The van der Waals surface area contributed by atoms with Crippen LogP contribution in [-0.4, -0.2) is 28.6 Å². The van der Waals surface area contributed by atoms with Crippen molar-refractivity contribution in [1.29, 1.82) is 0 Å². The molecule has 1 amide bonds. The summed E-state index contributed by atoms with van der Waals surface area (Å²) in [4.78, 5) is 24.9. The Bertz CT molecular complexity index is 1240. The quantitative estimate of drug-likeness (QED) is 0.483. The second-order valence-corrected chi connectivity index (χ2v) is 7.02. The van der Waals surface area contributed by atoms with Gasteiger partial charge >= 0.3 is 5.97 Å². The lowest BCUT2D eigenvalue weighted by Crippen LogP contribution is -2.35. The van der Waals surface area contributed by atoms with Crippen molar-refractivity contribution in [3.63, 3.8) is 0 Å². The normalized spacial score (nSPS) is 18.1. The van der Waals surface area contributed by atoms with Crippen LogP contribution >= 0.6 is 0 Å². The molecule has 0 aromatic heterocycles. The van der Waals surface area contributed by atoms with Crippen LogP contribution in [-0.2, 0) is 15.1 Å². The summed E-state index contributed by atoms with van der Waals surface area (Å²) in [5.74, 6) is -0.813. The Morgan fingerprint density at radius 1 is 1.00 bits per heavy atom. The minimum Gasteiger partial charge on any atom is -0.508 e. The number of carbonyl (C=O) groups is 2. The number of phenols is 2. The first-order valence-electron chi connectivity index (χ1n) is 9.15. The van der Waals surface area contributed by atoms with Gasteiger partial charge in [-0.2, -0.15) is 0 Å². The third-order valence-corrected chi connectivity index (χ3v) is 5.23. The fourth-order valence-electron chi connectivity index (χ4n) is 4.09. The molecule has 30 heavy (non-hydrogen) atoms. The molecule has 2 heterocycles. The number of hydrogen-bond donors (Lipinski definition) is 4. The van der Waals surface area contributed by atoms with E-state index in [1.807, 2.05) is 0 Å². The molecule has 2 aliphatic rings. The van der Waals surface area contributed by atoms with Gasteiger partial charge in [0.25, 0.3) is 0 Å². The maximum Gasteiger partial charge on any atom is 0.340 e. The van der Waals surface area contributed by atoms with Crippen molar-refractivity contribution in [2.24, 2.45) is 5.73 Å². The van der Waals surface area contributed by atoms with Crippen molar-refractivity contribution in [1.82, 2.24) is 0 Å². The third kappa shape index (κ3) is 2.37. The van der Waals surface area contributed by atoms with Gasteiger partial charge in [-0.1, -0.05) is 18.2 Å². The van der Waals surface area contributed by atoms with Gasteiger partial charge in [0.05, 0.1) is 23.4 Å². The van der Waals surface area contributed by atoms with Crippen LogP contribution < -0.4 is 15.8 Å². The van der Waals surface area contributed by atoms with Crippen LogP contribution in [0.4, 0.5) is 5.69 Å². The van der Waals surface area contributed by atoms with Crippen LogP contribution in [0.1, 0.15) is 27.0 Å². The van der Waals surface area contributed by atoms with Gasteiger partial charge in [0.2, 0.25) is 5.91 Å². The van der Waals surface area contributed by atoms with Crippen LogP contribution in [0.2, 0.25) is 0 Å². The maximum atomic E-state index is 12.8. The number of fused-ring (bicyclic) bond motifs is 6. The van der Waals surface area contributed by atoms with Crippen molar-refractivity contribution in [2.45, 2.75) is 5.60 Å². The number of rotatable bonds is 2. The van der Waals surface area contributed by atoms with Crippen molar-refractivity contribution < 1.29 is 29.3 Å². The van der Waals surface area contributed by atoms with E-state index in [9.17, 15) is 19.8 Å². The molecular formula is C22H16N2O6. The monoisotopic (exact) mass is 404 g/mol. The van der Waals surface area contributed by atoms with E-state index in [0.29, 0.717) is 22.3 Å². The van der Waals surface area contributed by atoms with Crippen LogP contribution in [0.25, 0.3) is 0 Å². The number of nitrogens with two attached hydrogens (primary N) is 1. The summed E-state index contributed by atoms with van der Waals surface area (Å²) in [6.45, 7) is -0.279. The molecule has 1 atom stereocenters. The number of nitrogens with one attached hydrogen (secondary N) is 1. The molecule has 3 aromatic carbocycles. The molecule has 0 saturated heterocycles. The topological polar surface area (TPSA) is 131 Å². The van der Waals surface area contributed by atoms with E-state index in [-0.39, 0.29) is 35.2 Å². The highest BCUT2D eigenvalue weighted by molar-refractivity contribution is 5.99. The molecule has 0 radical (unpaired) electrons. The molecule has 0 fully saturated rings. The number of carbonyl (C=O) groups excluding carboxylic acids is 2. The van der Waals surface area contributed by atoms with Crippen LogP contribution in [0.15, 0.2) is 54.6 Å². The summed E-state index contributed by atoms with van der Waals surface area (Å²) in [5.41, 5.74) is 5.94. The Labute approximate surface area is 170 Å². The van der Waals surface area contributed by atoms with Gasteiger partial charge < -0.3 is 30.7 Å². The Morgan fingerprint density at radius 3 is 2.57 bits per heavy atom. The van der Waals surface area contributed by atoms with Gasteiger partial charge in [0.15, 0.2) is 5.60 Å². The third-order valence-electron chi connectivity index (χ3n) is 5.23. The average molecular weight is 404 g/mol. The second-order valence-electron chi connectivity index (χ2n) is 7.02. The van der Waals surface area contributed by atoms with Crippen LogP contribution in [0.5, 0.6) is 23.0 Å². The van der Waals surface area contributed by atoms with Gasteiger partial charge in [-0.15, -0.1) is 0 Å². The van der Waals surface area contributed by atoms with Gasteiger partial charge in [0.1, 0.15) is 23.0 Å². The van der Waals surface area contributed by atoms with Gasteiger partial charge in [-0.25, -0.2) is 4.79 Å². The van der Waals surface area contributed by atoms with Crippen molar-refractivity contribution >= 4 is 17.6 Å². The molecule has 5 N–H and O–H groups in total. The molecule has 8 nitrogen and oxygen atoms in total. The summed E-state index contributed by atoms with van der Waals surface area (Å²) in [6.07, 6.45) is 0. The Hall–Kier alpha value is -4.04. The van der Waals surface area contributed by atoms with Crippen LogP contribution in [0.3, 0.4) is 0 Å². The fourth-order valence-corrected chi connectivity index (χ4v) is 4.09. The predicted octanol–water partition coefficient (Wildman–Crippen LogP) is 2.56. The SMILES string of the molecule is NCC(=O)Nc1cc(O)cc2c1C1(OC(=O)c3ccccc31)c1ccc(O)cc1O2. The molecule has 0 aliphatic carbocycles. The van der Waals surface area contributed by atoms with Crippen molar-refractivity contribution in [3.05, 3.63) is 76.9 Å². The molecule has 0 bridgehead atoms. The number of anilines is 1. The van der Waals surface area contributed by atoms with E-state index < -0.39 is 17.5 Å². The average Bonchev–Trinajstić information content (AvgIpc) is 3.00. The highest BCUT2D eigenvalue weighted by Gasteiger charge is 2.55. The largest absolute Gasteiger partial charge is 0.508 e. The number of benzene rings is 3. The Morgan fingerprint density at radius 2 is 1.77 bits per heavy atom. The summed E-state index contributed by atoms with van der Waals surface area (Å²) >= 11 is 0. The standard InChI is InChI=1S/C22H16N2O6/c23-10-19(27)24-16-7-12(26)9-18-20(16)22(15-6-5-11(25)8-17(15)29-18)14-4-2-1-3-13(14)21(28)30-22/h1-9,25-26H,10,23H2,(H,24,27). The van der Waals surface area contributed by atoms with Gasteiger partial charge in [-0.3, -0.25) is 4.79 Å². The van der Waals surface area contributed by atoms with E-state index in [1.165, 1.54) is 24.3 Å². The summed E-state index contributed by atoms with van der Waals surface area (Å²) in [5, 5.41) is 22.8. The van der Waals surface area contributed by atoms with E-state index in [2.05, 4.69) is 5.32 Å². The number of ether oxygens (including phenoxy) is 2. The lowest BCUT2D eigenvalue weighted by Gasteiger charge is -2.37. The Kier molecular flexibility index (Phi) is 3.74. The second kappa shape index (κ2) is 6.23. The molecular weight excluding hydrogens is 388 g/mol. The first-order chi connectivity index (χ1) is 14.4. The first-order valence-corrected chi connectivity index (χ1v) is 9.15. The van der Waals surface area contributed by atoms with Crippen molar-refractivity contribution in [2.75, 3.05) is 11.9 Å². The van der Waals surface area contributed by atoms with E-state index in [4.69, 9.17) is 15.2 Å². The molecule has 1 unspecified atom stereocenters. The van der Waals surface area contributed by atoms with E-state index >= 15 is 0 Å². The Balaban J connectivity index is 1.89. The maximum absolute atomic E-state index is 12.8. The molecule has 1 spiro atoms. The minimum absolute atomic E-state index is 0.0400. The minimum atomic E-state index is -1.45. The first kappa shape index (κ1) is 18.0. The lowest BCUT2D eigenvalue weighted by molar-refractivity contribution is -0.114. The zero-order valence-electron chi connectivity index (χ0n) is 15.5. The highest BCUT2D eigenvalue weighted by Crippen LogP contribution is 2.59. The molecule has 5 rings (SSSR count). The predicted molar refractivity (Wildman–Crippen MR) is 106 cm³/mol. The number of phenolic OH excluding ortho intramolecular Hbond substituents is 2. The van der Waals surface area contributed by atoms with Crippen molar-refractivity contribution in [3.8, 4) is 23.0 Å². The number of aromatic hydroxyl groups is 2. The lowest BCUT2D eigenvalue weighted by atomic mass is 9.77. The zero-order valence-corrected chi connectivity index (χ0v) is 15.5. The summed E-state index contributed by atoms with van der Waals surface area (Å²) in [7, 11) is 0. The zero-order chi connectivity index (χ0) is 21.0. The molecule has 2 aliphatic heterocycles.